The summed E-state index contributed by atoms with van der Waals surface area (Å²) in [5.74, 6) is -0.663. The molecule has 4 amide bonds. The third kappa shape index (κ3) is 9.91. The molecule has 0 aromatic heterocycles. The van der Waals surface area contributed by atoms with E-state index in [9.17, 15) is 19.2 Å². The number of imide groups is 1. The van der Waals surface area contributed by atoms with E-state index in [1.54, 1.807) is 12.1 Å². The first kappa shape index (κ1) is 27.1. The Bertz CT molecular complexity index is 724. The van der Waals surface area contributed by atoms with E-state index < -0.39 is 0 Å². The van der Waals surface area contributed by atoms with Gasteiger partial charge in [-0.3, -0.25) is 19.3 Å². The first-order chi connectivity index (χ1) is 14.0. The van der Waals surface area contributed by atoms with Crippen LogP contribution < -0.4 is 63.5 Å². The van der Waals surface area contributed by atoms with E-state index in [4.69, 9.17) is 4.74 Å². The van der Waals surface area contributed by atoms with Crippen molar-refractivity contribution in [3.63, 3.8) is 0 Å². The SMILES string of the molecule is CCCNC(=O)CCCOCC(=O)[N-]Cc1ccc(CC(=O)N2CCC2=O)cc1.[Rb+]. The topological polar surface area (TPSA) is 107 Å². The van der Waals surface area contributed by atoms with E-state index in [1.807, 2.05) is 19.1 Å². The Hall–Kier alpha value is -0.935. The molecule has 1 N–H and O–H groups in total. The summed E-state index contributed by atoms with van der Waals surface area (Å²) >= 11 is 0. The Balaban J connectivity index is 0.00000450. The second-order valence-electron chi connectivity index (χ2n) is 6.90. The van der Waals surface area contributed by atoms with Crippen LogP contribution in [0.5, 0.6) is 0 Å². The number of carbonyl (C=O) groups excluding carboxylic acids is 4. The number of carbonyl (C=O) groups is 4. The third-order valence-corrected chi connectivity index (χ3v) is 4.46. The van der Waals surface area contributed by atoms with Crippen LogP contribution in [-0.2, 0) is 36.9 Å². The minimum absolute atomic E-state index is 0. The number of amides is 4. The fourth-order valence-electron chi connectivity index (χ4n) is 2.68. The molecule has 1 aliphatic rings. The number of β-lactam (4-membered cyclic amide) rings is 1. The molecule has 2 rings (SSSR count). The van der Waals surface area contributed by atoms with Crippen molar-refractivity contribution in [2.24, 2.45) is 0 Å². The van der Waals surface area contributed by atoms with E-state index in [0.717, 1.165) is 17.5 Å². The van der Waals surface area contributed by atoms with E-state index in [1.165, 1.54) is 4.90 Å². The van der Waals surface area contributed by atoms with Gasteiger partial charge >= 0.3 is 58.2 Å². The van der Waals surface area contributed by atoms with Crippen molar-refractivity contribution in [2.75, 3.05) is 26.3 Å². The van der Waals surface area contributed by atoms with Crippen LogP contribution in [0, 0.1) is 0 Å². The van der Waals surface area contributed by atoms with Crippen molar-refractivity contribution in [1.29, 1.82) is 0 Å². The van der Waals surface area contributed by atoms with Gasteiger partial charge in [0.2, 0.25) is 17.7 Å². The molecule has 1 aliphatic heterocycles. The molecule has 1 fully saturated rings. The van der Waals surface area contributed by atoms with Gasteiger partial charge in [0.05, 0.1) is 18.9 Å². The summed E-state index contributed by atoms with van der Waals surface area (Å²) in [4.78, 5) is 47.7. The molecule has 1 aromatic carbocycles. The number of nitrogens with zero attached hydrogens (tertiary/aromatic N) is 2. The van der Waals surface area contributed by atoms with Crippen LogP contribution in [0.2, 0.25) is 0 Å². The zero-order valence-corrected chi connectivity index (χ0v) is 22.7. The number of likely N-dealkylation sites (tertiary alicyclic amines) is 1. The first-order valence-electron chi connectivity index (χ1n) is 9.95. The summed E-state index contributed by atoms with van der Waals surface area (Å²) in [6.45, 7) is 3.64. The Morgan fingerprint density at radius 1 is 1.17 bits per heavy atom. The van der Waals surface area contributed by atoms with Gasteiger partial charge in [-0.15, -0.1) is 6.54 Å². The average molecular weight is 488 g/mol. The molecular formula is C21H28N3O5Rb. The summed E-state index contributed by atoms with van der Waals surface area (Å²) in [6, 6.07) is 7.23. The summed E-state index contributed by atoms with van der Waals surface area (Å²) in [5, 5.41) is 6.74. The Kier molecular flexibility index (Phi) is 13.5. The van der Waals surface area contributed by atoms with Crippen molar-refractivity contribution in [3.05, 3.63) is 40.7 Å². The molecule has 0 spiro atoms. The molecule has 0 bridgehead atoms. The summed E-state index contributed by atoms with van der Waals surface area (Å²) in [6.07, 6.45) is 2.47. The monoisotopic (exact) mass is 487 g/mol. The van der Waals surface area contributed by atoms with Crippen LogP contribution in [0.25, 0.3) is 5.32 Å². The molecule has 0 saturated carbocycles. The molecule has 0 unspecified atom stereocenters. The van der Waals surface area contributed by atoms with Crippen LogP contribution in [-0.4, -0.2) is 54.8 Å². The molecule has 1 aromatic rings. The van der Waals surface area contributed by atoms with Crippen molar-refractivity contribution in [2.45, 2.75) is 45.6 Å². The molecule has 0 aliphatic carbocycles. The van der Waals surface area contributed by atoms with Gasteiger partial charge < -0.3 is 20.2 Å². The summed E-state index contributed by atoms with van der Waals surface area (Å²) < 4.78 is 5.26. The van der Waals surface area contributed by atoms with E-state index in [0.29, 0.717) is 39.0 Å². The van der Waals surface area contributed by atoms with Gasteiger partial charge in [0, 0.05) is 32.5 Å². The van der Waals surface area contributed by atoms with Crippen molar-refractivity contribution in [1.82, 2.24) is 10.2 Å². The second kappa shape index (κ2) is 15.0. The number of hydrogen-bond acceptors (Lipinski definition) is 5. The fraction of sp³-hybridized carbons (Fsp3) is 0.524. The van der Waals surface area contributed by atoms with Crippen LogP contribution in [0.1, 0.15) is 43.7 Å². The quantitative estimate of drug-likeness (QED) is 0.292. The number of nitrogens with one attached hydrogen (secondary N) is 1. The molecule has 0 atom stereocenters. The van der Waals surface area contributed by atoms with E-state index in [2.05, 4.69) is 10.6 Å². The number of benzene rings is 1. The Labute approximate surface area is 226 Å². The van der Waals surface area contributed by atoms with Crippen molar-refractivity contribution in [3.8, 4) is 0 Å². The molecule has 0 radical (unpaired) electrons. The van der Waals surface area contributed by atoms with Crippen LogP contribution in [0.15, 0.2) is 24.3 Å². The molecule has 1 heterocycles. The van der Waals surface area contributed by atoms with Gasteiger partial charge in [-0.1, -0.05) is 36.8 Å². The van der Waals surface area contributed by atoms with Gasteiger partial charge in [-0.25, -0.2) is 0 Å². The molecular weight excluding hydrogens is 460 g/mol. The van der Waals surface area contributed by atoms with Crippen LogP contribution in [0.3, 0.4) is 0 Å². The normalized spacial score (nSPS) is 12.6. The number of ether oxygens (including phenoxy) is 1. The minimum atomic E-state index is -0.351. The minimum Gasteiger partial charge on any atom is -0.648 e. The van der Waals surface area contributed by atoms with Gasteiger partial charge in [-0.05, 0) is 18.4 Å². The molecule has 158 valence electrons. The zero-order valence-electron chi connectivity index (χ0n) is 17.8. The van der Waals surface area contributed by atoms with Gasteiger partial charge in [-0.2, -0.15) is 0 Å². The smallest absolute Gasteiger partial charge is 0.648 e. The first-order valence-corrected chi connectivity index (χ1v) is 9.95. The van der Waals surface area contributed by atoms with Crippen molar-refractivity contribution < 1.29 is 82.1 Å². The van der Waals surface area contributed by atoms with Crippen LogP contribution in [0.4, 0.5) is 0 Å². The number of hydrogen-bond donors (Lipinski definition) is 1. The summed E-state index contributed by atoms with van der Waals surface area (Å²) in [5.41, 5.74) is 1.67. The largest absolute Gasteiger partial charge is 1.00 e. The Morgan fingerprint density at radius 3 is 2.47 bits per heavy atom. The maximum Gasteiger partial charge on any atom is 1.00 e. The van der Waals surface area contributed by atoms with Crippen LogP contribution >= 0.6 is 0 Å². The van der Waals surface area contributed by atoms with Gasteiger partial charge in [0.1, 0.15) is 0 Å². The molecule has 9 heteroatoms. The average Bonchev–Trinajstić information content (AvgIpc) is 2.70. The standard InChI is InChI=1S/C21H29N3O5.Rb/c1-2-10-22-18(25)4-3-12-29-15-19(26)23-14-17-7-5-16(6-8-17)13-21(28)24-11-9-20(24)27;/h5-8H,2-4,9-15H2,1H3,(H2,22,23,25,26);/q;+1/p-1. The third-order valence-electron chi connectivity index (χ3n) is 4.46. The molecule has 1 saturated heterocycles. The maximum absolute atomic E-state index is 11.9. The van der Waals surface area contributed by atoms with E-state index >= 15 is 0 Å². The Morgan fingerprint density at radius 2 is 1.87 bits per heavy atom. The van der Waals surface area contributed by atoms with Gasteiger partial charge in [0.25, 0.3) is 0 Å². The van der Waals surface area contributed by atoms with E-state index in [-0.39, 0.29) is 101 Å². The molecule has 30 heavy (non-hydrogen) atoms. The predicted molar refractivity (Wildman–Crippen MR) is 107 cm³/mol. The fourth-order valence-corrected chi connectivity index (χ4v) is 2.68. The molecule has 8 nitrogen and oxygen atoms in total. The second-order valence-corrected chi connectivity index (χ2v) is 6.90. The van der Waals surface area contributed by atoms with Gasteiger partial charge in [0.15, 0.2) is 0 Å². The zero-order chi connectivity index (χ0) is 21.1. The summed E-state index contributed by atoms with van der Waals surface area (Å²) in [7, 11) is 0. The maximum atomic E-state index is 11.9. The predicted octanol–water partition coefficient (Wildman–Crippen LogP) is -1.28. The van der Waals surface area contributed by atoms with Crippen molar-refractivity contribution >= 4 is 23.6 Å². The number of rotatable bonds is 12.